The van der Waals surface area contributed by atoms with Gasteiger partial charge in [0.25, 0.3) is 0 Å². The number of carbonyl (C=O) groups excluding carboxylic acids is 1. The third kappa shape index (κ3) is 3.13. The first-order valence-corrected chi connectivity index (χ1v) is 6.51. The van der Waals surface area contributed by atoms with Crippen LogP contribution in [0.3, 0.4) is 0 Å². The van der Waals surface area contributed by atoms with Crippen molar-refractivity contribution >= 4 is 22.9 Å². The first-order valence-electron chi connectivity index (χ1n) is 5.70. The van der Waals surface area contributed by atoms with Crippen molar-refractivity contribution < 1.29 is 4.79 Å². The van der Waals surface area contributed by atoms with Gasteiger partial charge in [-0.1, -0.05) is 0 Å². The molecule has 5 heteroatoms. The maximum Gasteiger partial charge on any atom is 0.229 e. The largest absolute Gasteiger partial charge is 0.326 e. The molecule has 0 atom stereocenters. The molecule has 0 bridgehead atoms. The molecule has 0 spiro atoms. The average Bonchev–Trinajstić information content (AvgIpc) is 2.57. The first-order chi connectivity index (χ1) is 8.54. The summed E-state index contributed by atoms with van der Waals surface area (Å²) < 4.78 is 0. The number of aryl methyl sites for hydroxylation is 3. The van der Waals surface area contributed by atoms with E-state index in [4.69, 9.17) is 0 Å². The van der Waals surface area contributed by atoms with Crippen molar-refractivity contribution in [2.45, 2.75) is 27.2 Å². The van der Waals surface area contributed by atoms with Gasteiger partial charge in [-0.05, 0) is 32.9 Å². The Morgan fingerprint density at radius 1 is 1.39 bits per heavy atom. The van der Waals surface area contributed by atoms with E-state index in [0.717, 1.165) is 27.0 Å². The highest BCUT2D eigenvalue weighted by atomic mass is 32.1. The van der Waals surface area contributed by atoms with E-state index in [-0.39, 0.29) is 5.91 Å². The van der Waals surface area contributed by atoms with Gasteiger partial charge in [0.15, 0.2) is 0 Å². The van der Waals surface area contributed by atoms with Crippen molar-refractivity contribution in [3.05, 3.63) is 39.6 Å². The Kier molecular flexibility index (Phi) is 3.72. The van der Waals surface area contributed by atoms with E-state index in [2.05, 4.69) is 15.3 Å². The molecule has 0 aromatic carbocycles. The first kappa shape index (κ1) is 12.7. The van der Waals surface area contributed by atoms with Gasteiger partial charge in [0.05, 0.1) is 17.1 Å². The number of nitrogens with zero attached hydrogens (tertiary/aromatic N) is 2. The summed E-state index contributed by atoms with van der Waals surface area (Å²) in [6.45, 7) is 5.78. The summed E-state index contributed by atoms with van der Waals surface area (Å²) in [5, 5.41) is 3.86. The summed E-state index contributed by atoms with van der Waals surface area (Å²) in [4.78, 5) is 21.3. The van der Waals surface area contributed by atoms with Gasteiger partial charge in [0.1, 0.15) is 0 Å². The highest BCUT2D eigenvalue weighted by molar-refractivity contribution is 7.11. The maximum absolute atomic E-state index is 11.9. The monoisotopic (exact) mass is 261 g/mol. The molecule has 94 valence electrons. The Labute approximate surface area is 110 Å². The van der Waals surface area contributed by atoms with Crippen LogP contribution in [0.4, 0.5) is 5.69 Å². The summed E-state index contributed by atoms with van der Waals surface area (Å²) in [5.74, 6) is -0.0210. The molecule has 0 aliphatic heterocycles. The fraction of sp³-hybridized carbons (Fsp3) is 0.308. The Morgan fingerprint density at radius 2 is 2.17 bits per heavy atom. The zero-order chi connectivity index (χ0) is 13.1. The number of carbonyl (C=O) groups is 1. The van der Waals surface area contributed by atoms with Gasteiger partial charge >= 0.3 is 0 Å². The molecule has 0 saturated carbocycles. The molecule has 2 aromatic heterocycles. The van der Waals surface area contributed by atoms with Crippen molar-refractivity contribution in [2.24, 2.45) is 0 Å². The third-order valence-corrected chi connectivity index (χ3v) is 3.57. The van der Waals surface area contributed by atoms with Crippen LogP contribution in [0.2, 0.25) is 0 Å². The predicted octanol–water partition coefficient (Wildman–Crippen LogP) is 2.64. The molecule has 2 aromatic rings. The van der Waals surface area contributed by atoms with Crippen LogP contribution >= 0.6 is 11.3 Å². The third-order valence-electron chi connectivity index (χ3n) is 2.50. The van der Waals surface area contributed by atoms with E-state index in [1.54, 1.807) is 23.6 Å². The van der Waals surface area contributed by atoms with Crippen LogP contribution in [0.25, 0.3) is 0 Å². The number of amides is 1. The SMILES string of the molecule is Cc1cc(NC(=O)Cc2sc(C)nc2C)ccn1. The van der Waals surface area contributed by atoms with Crippen LogP contribution in [-0.4, -0.2) is 15.9 Å². The molecule has 0 aliphatic carbocycles. The van der Waals surface area contributed by atoms with E-state index >= 15 is 0 Å². The van der Waals surface area contributed by atoms with Gasteiger partial charge in [-0.3, -0.25) is 9.78 Å². The molecule has 0 saturated heterocycles. The molecular formula is C13H15N3OS. The Hall–Kier alpha value is -1.75. The minimum absolute atomic E-state index is 0.0210. The standard InChI is InChI=1S/C13H15N3OS/c1-8-6-11(4-5-14-8)16-13(17)7-12-9(2)15-10(3)18-12/h4-6H,7H2,1-3H3,(H,14,16,17). The number of pyridine rings is 1. The quantitative estimate of drug-likeness (QED) is 0.924. The minimum atomic E-state index is -0.0210. The second-order valence-electron chi connectivity index (χ2n) is 4.15. The maximum atomic E-state index is 11.9. The molecule has 2 rings (SSSR count). The fourth-order valence-corrected chi connectivity index (χ4v) is 2.65. The van der Waals surface area contributed by atoms with Crippen molar-refractivity contribution in [2.75, 3.05) is 5.32 Å². The summed E-state index contributed by atoms with van der Waals surface area (Å²) in [6.07, 6.45) is 2.06. The lowest BCUT2D eigenvalue weighted by molar-refractivity contribution is -0.115. The molecule has 0 fully saturated rings. The molecule has 0 unspecified atom stereocenters. The molecule has 1 N–H and O–H groups in total. The summed E-state index contributed by atoms with van der Waals surface area (Å²) in [6, 6.07) is 3.64. The van der Waals surface area contributed by atoms with Crippen molar-refractivity contribution in [1.82, 2.24) is 9.97 Å². The Morgan fingerprint density at radius 3 is 2.78 bits per heavy atom. The van der Waals surface area contributed by atoms with Gasteiger partial charge in [0, 0.05) is 22.5 Å². The summed E-state index contributed by atoms with van der Waals surface area (Å²) in [7, 11) is 0. The van der Waals surface area contributed by atoms with Crippen LogP contribution in [0.5, 0.6) is 0 Å². The van der Waals surface area contributed by atoms with Gasteiger partial charge in [-0.15, -0.1) is 11.3 Å². The van der Waals surface area contributed by atoms with Crippen LogP contribution < -0.4 is 5.32 Å². The minimum Gasteiger partial charge on any atom is -0.326 e. The second kappa shape index (κ2) is 5.27. The number of nitrogens with one attached hydrogen (secondary N) is 1. The normalized spacial score (nSPS) is 10.4. The van der Waals surface area contributed by atoms with E-state index < -0.39 is 0 Å². The Balaban J connectivity index is 2.03. The predicted molar refractivity (Wildman–Crippen MR) is 72.9 cm³/mol. The smallest absolute Gasteiger partial charge is 0.229 e. The lowest BCUT2D eigenvalue weighted by Gasteiger charge is -2.04. The molecular weight excluding hydrogens is 246 g/mol. The second-order valence-corrected chi connectivity index (χ2v) is 5.44. The molecule has 0 aliphatic rings. The fourth-order valence-electron chi connectivity index (χ4n) is 1.71. The number of thiazole rings is 1. The average molecular weight is 261 g/mol. The van der Waals surface area contributed by atoms with Crippen LogP contribution in [-0.2, 0) is 11.2 Å². The zero-order valence-corrected chi connectivity index (χ0v) is 11.5. The summed E-state index contributed by atoms with van der Waals surface area (Å²) in [5.41, 5.74) is 2.61. The van der Waals surface area contributed by atoms with Crippen LogP contribution in [0.1, 0.15) is 21.3 Å². The number of anilines is 1. The Bertz CT molecular complexity index is 577. The lowest BCUT2D eigenvalue weighted by atomic mass is 10.2. The van der Waals surface area contributed by atoms with Crippen LogP contribution in [0, 0.1) is 20.8 Å². The number of aromatic nitrogens is 2. The van der Waals surface area contributed by atoms with Crippen molar-refractivity contribution in [3.63, 3.8) is 0 Å². The van der Waals surface area contributed by atoms with E-state index in [0.29, 0.717) is 6.42 Å². The van der Waals surface area contributed by atoms with Gasteiger partial charge < -0.3 is 5.32 Å². The number of hydrogen-bond acceptors (Lipinski definition) is 4. The van der Waals surface area contributed by atoms with Crippen molar-refractivity contribution in [1.29, 1.82) is 0 Å². The molecule has 2 heterocycles. The summed E-state index contributed by atoms with van der Waals surface area (Å²) >= 11 is 1.57. The van der Waals surface area contributed by atoms with E-state index in [9.17, 15) is 4.79 Å². The molecule has 0 radical (unpaired) electrons. The van der Waals surface area contributed by atoms with E-state index in [1.807, 2.05) is 26.8 Å². The van der Waals surface area contributed by atoms with Gasteiger partial charge in [-0.25, -0.2) is 4.98 Å². The highest BCUT2D eigenvalue weighted by Gasteiger charge is 2.10. The van der Waals surface area contributed by atoms with Crippen LogP contribution in [0.15, 0.2) is 18.3 Å². The highest BCUT2D eigenvalue weighted by Crippen LogP contribution is 2.18. The topological polar surface area (TPSA) is 54.9 Å². The zero-order valence-electron chi connectivity index (χ0n) is 10.7. The number of rotatable bonds is 3. The van der Waals surface area contributed by atoms with Gasteiger partial charge in [0.2, 0.25) is 5.91 Å². The lowest BCUT2D eigenvalue weighted by Crippen LogP contribution is -2.14. The van der Waals surface area contributed by atoms with Gasteiger partial charge in [-0.2, -0.15) is 0 Å². The molecule has 4 nitrogen and oxygen atoms in total. The van der Waals surface area contributed by atoms with Crippen molar-refractivity contribution in [3.8, 4) is 0 Å². The number of hydrogen-bond donors (Lipinski definition) is 1. The molecule has 18 heavy (non-hydrogen) atoms. The van der Waals surface area contributed by atoms with E-state index in [1.165, 1.54) is 0 Å². The molecule has 1 amide bonds.